The molecule has 0 saturated carbocycles. The first-order chi connectivity index (χ1) is 7.75. The lowest BCUT2D eigenvalue weighted by atomic mass is 10.1. The lowest BCUT2D eigenvalue weighted by molar-refractivity contribution is -0.148. The summed E-state index contributed by atoms with van der Waals surface area (Å²) in [5.41, 5.74) is 0. The van der Waals surface area contributed by atoms with Gasteiger partial charge in [-0.3, -0.25) is 0 Å². The molecule has 0 aliphatic carbocycles. The minimum Gasteiger partial charge on any atom is -0.480 e. The molecule has 0 amide bonds. The second kappa shape index (κ2) is 11.3. The first-order valence-corrected chi connectivity index (χ1v) is 5.13. The van der Waals surface area contributed by atoms with Gasteiger partial charge in [0.1, 0.15) is 13.2 Å². The van der Waals surface area contributed by atoms with Crippen molar-refractivity contribution >= 4 is 11.9 Å². The molecule has 7 nitrogen and oxygen atoms in total. The second-order valence-electron chi connectivity index (χ2n) is 3.56. The zero-order chi connectivity index (χ0) is 13.8. The van der Waals surface area contributed by atoms with Crippen LogP contribution in [0.4, 0.5) is 0 Å². The summed E-state index contributed by atoms with van der Waals surface area (Å²) in [6, 6.07) is 0. The van der Waals surface area contributed by atoms with Crippen molar-refractivity contribution in [2.24, 2.45) is 0 Å². The molecule has 0 aromatic rings. The van der Waals surface area contributed by atoms with Gasteiger partial charge in [-0.15, -0.1) is 0 Å². The van der Waals surface area contributed by atoms with Gasteiger partial charge in [-0.05, 0) is 26.7 Å². The summed E-state index contributed by atoms with van der Waals surface area (Å²) in [5.74, 6) is -2.34. The Balaban J connectivity index is 0. The molecule has 0 saturated heterocycles. The predicted octanol–water partition coefficient (Wildman–Crippen LogP) is -0.300. The van der Waals surface area contributed by atoms with Crippen LogP contribution in [0.3, 0.4) is 0 Å². The maximum Gasteiger partial charge on any atom is 0.329 e. The van der Waals surface area contributed by atoms with Crippen LogP contribution in [-0.2, 0) is 14.3 Å². The van der Waals surface area contributed by atoms with Crippen LogP contribution in [0.15, 0.2) is 0 Å². The zero-order valence-electron chi connectivity index (χ0n) is 10.00. The third-order valence-corrected chi connectivity index (χ3v) is 1.45. The van der Waals surface area contributed by atoms with Crippen molar-refractivity contribution in [1.82, 2.24) is 0 Å². The van der Waals surface area contributed by atoms with E-state index in [0.29, 0.717) is 12.8 Å². The van der Waals surface area contributed by atoms with Gasteiger partial charge in [-0.2, -0.15) is 0 Å². The highest BCUT2D eigenvalue weighted by molar-refractivity contribution is 5.70. The highest BCUT2D eigenvalue weighted by atomic mass is 16.5. The predicted molar refractivity (Wildman–Crippen MR) is 58.7 cm³/mol. The first-order valence-electron chi connectivity index (χ1n) is 5.13. The van der Waals surface area contributed by atoms with Crippen LogP contribution in [0.25, 0.3) is 0 Å². The summed E-state index contributed by atoms with van der Waals surface area (Å²) in [6.45, 7) is 2.32. The molecule has 7 heteroatoms. The Morgan fingerprint density at radius 1 is 0.941 bits per heavy atom. The van der Waals surface area contributed by atoms with E-state index in [1.165, 1.54) is 0 Å². The highest BCUT2D eigenvalue weighted by Gasteiger charge is 1.99. The van der Waals surface area contributed by atoms with Crippen LogP contribution in [0.1, 0.15) is 26.7 Å². The molecular weight excluding hydrogens is 232 g/mol. The molecule has 4 N–H and O–H groups in total. The number of hydrogen-bond acceptors (Lipinski definition) is 5. The minimum atomic E-state index is -1.17. The SMILES string of the molecule is CC(O)CCC(C)O.O=C(O)COCC(=O)O. The molecule has 2 atom stereocenters. The third-order valence-electron chi connectivity index (χ3n) is 1.45. The quantitative estimate of drug-likeness (QED) is 0.490. The zero-order valence-corrected chi connectivity index (χ0v) is 10.00. The number of hydrogen-bond donors (Lipinski definition) is 4. The van der Waals surface area contributed by atoms with E-state index >= 15 is 0 Å². The van der Waals surface area contributed by atoms with Crippen molar-refractivity contribution in [2.45, 2.75) is 38.9 Å². The molecule has 0 radical (unpaired) electrons. The van der Waals surface area contributed by atoms with Gasteiger partial charge in [-0.1, -0.05) is 0 Å². The highest BCUT2D eigenvalue weighted by Crippen LogP contribution is 1.98. The Morgan fingerprint density at radius 3 is 1.41 bits per heavy atom. The molecule has 0 fully saturated rings. The van der Waals surface area contributed by atoms with Crippen molar-refractivity contribution < 1.29 is 34.8 Å². The lowest BCUT2D eigenvalue weighted by Crippen LogP contribution is -2.13. The van der Waals surface area contributed by atoms with Crippen LogP contribution >= 0.6 is 0 Å². The number of aliphatic hydroxyl groups excluding tert-OH is 2. The first kappa shape index (κ1) is 18.2. The normalized spacial score (nSPS) is 13.2. The van der Waals surface area contributed by atoms with E-state index in [9.17, 15) is 9.59 Å². The Hall–Kier alpha value is -1.18. The Kier molecular flexibility index (Phi) is 12.1. The Labute approximate surface area is 99.6 Å². The number of ether oxygens (including phenoxy) is 1. The number of carboxylic acids is 2. The molecule has 0 aliphatic heterocycles. The molecule has 0 aliphatic rings. The van der Waals surface area contributed by atoms with E-state index in [1.807, 2.05) is 0 Å². The van der Waals surface area contributed by atoms with E-state index < -0.39 is 25.2 Å². The van der Waals surface area contributed by atoms with Crippen LogP contribution in [0.2, 0.25) is 0 Å². The van der Waals surface area contributed by atoms with Crippen LogP contribution < -0.4 is 0 Å². The summed E-state index contributed by atoms with van der Waals surface area (Å²) in [5, 5.41) is 33.2. The van der Waals surface area contributed by atoms with E-state index in [2.05, 4.69) is 4.74 Å². The van der Waals surface area contributed by atoms with Crippen LogP contribution in [0.5, 0.6) is 0 Å². The van der Waals surface area contributed by atoms with E-state index in [0.717, 1.165) is 0 Å². The van der Waals surface area contributed by atoms with E-state index in [1.54, 1.807) is 13.8 Å². The third kappa shape index (κ3) is 25.3. The largest absolute Gasteiger partial charge is 0.480 e. The van der Waals surface area contributed by atoms with Gasteiger partial charge in [0.15, 0.2) is 0 Å². The fourth-order valence-corrected chi connectivity index (χ4v) is 0.708. The van der Waals surface area contributed by atoms with Crippen molar-refractivity contribution in [3.05, 3.63) is 0 Å². The molecule has 0 heterocycles. The van der Waals surface area contributed by atoms with Crippen LogP contribution in [0, 0.1) is 0 Å². The van der Waals surface area contributed by atoms with Crippen molar-refractivity contribution in [3.63, 3.8) is 0 Å². The number of rotatable bonds is 7. The molecule has 17 heavy (non-hydrogen) atoms. The number of carboxylic acid groups (broad SMARTS) is 2. The minimum absolute atomic E-state index is 0.274. The van der Waals surface area contributed by atoms with Gasteiger partial charge < -0.3 is 25.2 Å². The smallest absolute Gasteiger partial charge is 0.329 e. The van der Waals surface area contributed by atoms with Gasteiger partial charge in [0.2, 0.25) is 0 Å². The maximum absolute atomic E-state index is 9.66. The molecular formula is C10H20O7. The van der Waals surface area contributed by atoms with Gasteiger partial charge in [0, 0.05) is 0 Å². The van der Waals surface area contributed by atoms with Crippen molar-refractivity contribution in [2.75, 3.05) is 13.2 Å². The van der Waals surface area contributed by atoms with Crippen LogP contribution in [-0.4, -0.2) is 57.8 Å². The van der Waals surface area contributed by atoms with Crippen molar-refractivity contribution in [3.8, 4) is 0 Å². The Bertz CT molecular complexity index is 191. The summed E-state index contributed by atoms with van der Waals surface area (Å²) in [6.07, 6.45) is 0.837. The monoisotopic (exact) mass is 252 g/mol. The summed E-state index contributed by atoms with van der Waals surface area (Å²) in [7, 11) is 0. The number of aliphatic hydroxyl groups is 2. The van der Waals surface area contributed by atoms with Gasteiger partial charge in [0.05, 0.1) is 12.2 Å². The molecule has 102 valence electrons. The standard InChI is InChI=1S/C6H14O2.C4H6O5/c1-5(7)3-4-6(2)8;5-3(6)1-9-2-4(7)8/h5-8H,3-4H2,1-2H3;1-2H2,(H,5,6)(H,7,8). The van der Waals surface area contributed by atoms with Crippen molar-refractivity contribution in [1.29, 1.82) is 0 Å². The topological polar surface area (TPSA) is 124 Å². The van der Waals surface area contributed by atoms with Gasteiger partial charge in [-0.25, -0.2) is 9.59 Å². The molecule has 0 bridgehead atoms. The lowest BCUT2D eigenvalue weighted by Gasteiger charge is -2.04. The van der Waals surface area contributed by atoms with E-state index in [-0.39, 0.29) is 12.2 Å². The molecule has 0 aromatic carbocycles. The summed E-state index contributed by atoms with van der Waals surface area (Å²) >= 11 is 0. The summed E-state index contributed by atoms with van der Waals surface area (Å²) in [4.78, 5) is 19.3. The average molecular weight is 252 g/mol. The molecule has 2 unspecified atom stereocenters. The Morgan fingerprint density at radius 2 is 1.24 bits per heavy atom. The number of carbonyl (C=O) groups is 2. The van der Waals surface area contributed by atoms with Gasteiger partial charge >= 0.3 is 11.9 Å². The fraction of sp³-hybridized carbons (Fsp3) is 0.800. The molecule has 0 rings (SSSR count). The van der Waals surface area contributed by atoms with E-state index in [4.69, 9.17) is 20.4 Å². The van der Waals surface area contributed by atoms with Gasteiger partial charge in [0.25, 0.3) is 0 Å². The average Bonchev–Trinajstić information content (AvgIpc) is 2.14. The second-order valence-corrected chi connectivity index (χ2v) is 3.56. The summed E-state index contributed by atoms with van der Waals surface area (Å²) < 4.78 is 4.16. The molecule has 0 spiro atoms. The fourth-order valence-electron chi connectivity index (χ4n) is 0.708. The maximum atomic E-state index is 9.66. The number of aliphatic carboxylic acids is 2. The molecule has 0 aromatic heterocycles.